The average Bonchev–Trinajstić information content (AvgIpc) is 3.21. The summed E-state index contributed by atoms with van der Waals surface area (Å²) in [5.41, 5.74) is 4.03. The molecule has 0 unspecified atom stereocenters. The van der Waals surface area contributed by atoms with Crippen molar-refractivity contribution in [3.05, 3.63) is 40.6 Å². The fourth-order valence-electron chi connectivity index (χ4n) is 2.26. The van der Waals surface area contributed by atoms with Gasteiger partial charge in [0.05, 0.1) is 11.9 Å². The van der Waals surface area contributed by atoms with Gasteiger partial charge in [-0.3, -0.25) is 0 Å². The Morgan fingerprint density at radius 1 is 1.35 bits per heavy atom. The van der Waals surface area contributed by atoms with Crippen molar-refractivity contribution in [2.24, 2.45) is 0 Å². The van der Waals surface area contributed by atoms with Crippen LogP contribution in [0.25, 0.3) is 5.82 Å². The quantitative estimate of drug-likeness (QED) is 0.932. The van der Waals surface area contributed by atoms with E-state index in [0.29, 0.717) is 18.4 Å². The Balaban J connectivity index is 2.00. The SMILES string of the molecule is Cc1nn(-c2ncc(F)cc2CNC2CC2)c(C)c1C. The van der Waals surface area contributed by atoms with Gasteiger partial charge in [0.15, 0.2) is 5.82 Å². The second kappa shape index (κ2) is 4.98. The maximum Gasteiger partial charge on any atom is 0.158 e. The molecule has 3 rings (SSSR count). The first-order valence-electron chi connectivity index (χ1n) is 6.97. The van der Waals surface area contributed by atoms with E-state index in [1.165, 1.54) is 19.0 Å². The van der Waals surface area contributed by atoms with Gasteiger partial charge in [0.2, 0.25) is 0 Å². The fourth-order valence-corrected chi connectivity index (χ4v) is 2.26. The van der Waals surface area contributed by atoms with Gasteiger partial charge in [0.25, 0.3) is 0 Å². The molecule has 2 aromatic rings. The van der Waals surface area contributed by atoms with E-state index >= 15 is 0 Å². The second-order valence-corrected chi connectivity index (χ2v) is 5.50. The molecule has 1 saturated carbocycles. The monoisotopic (exact) mass is 274 g/mol. The van der Waals surface area contributed by atoms with Gasteiger partial charge in [-0.1, -0.05) is 0 Å². The summed E-state index contributed by atoms with van der Waals surface area (Å²) in [6.45, 7) is 6.66. The summed E-state index contributed by atoms with van der Waals surface area (Å²) in [4.78, 5) is 4.25. The molecule has 0 saturated heterocycles. The molecule has 1 aliphatic rings. The van der Waals surface area contributed by atoms with Gasteiger partial charge in [-0.15, -0.1) is 0 Å². The lowest BCUT2D eigenvalue weighted by atomic mass is 10.2. The summed E-state index contributed by atoms with van der Waals surface area (Å²) < 4.78 is 15.3. The third-order valence-corrected chi connectivity index (χ3v) is 3.92. The summed E-state index contributed by atoms with van der Waals surface area (Å²) in [5, 5.41) is 7.92. The van der Waals surface area contributed by atoms with Crippen molar-refractivity contribution in [1.82, 2.24) is 20.1 Å². The van der Waals surface area contributed by atoms with E-state index in [0.717, 1.165) is 22.5 Å². The number of aryl methyl sites for hydroxylation is 1. The molecule has 0 amide bonds. The van der Waals surface area contributed by atoms with E-state index in [9.17, 15) is 4.39 Å². The van der Waals surface area contributed by atoms with Crippen molar-refractivity contribution in [2.75, 3.05) is 0 Å². The van der Waals surface area contributed by atoms with Crippen LogP contribution in [0, 0.1) is 26.6 Å². The number of nitrogens with one attached hydrogen (secondary N) is 1. The van der Waals surface area contributed by atoms with Crippen molar-refractivity contribution in [3.63, 3.8) is 0 Å². The molecule has 0 spiro atoms. The van der Waals surface area contributed by atoms with Gasteiger partial charge in [-0.25, -0.2) is 14.1 Å². The van der Waals surface area contributed by atoms with E-state index < -0.39 is 0 Å². The Kier molecular flexibility index (Phi) is 3.30. The zero-order valence-electron chi connectivity index (χ0n) is 12.1. The molecule has 2 aromatic heterocycles. The highest BCUT2D eigenvalue weighted by molar-refractivity contribution is 5.38. The number of halogens is 1. The smallest absolute Gasteiger partial charge is 0.158 e. The van der Waals surface area contributed by atoms with Crippen LogP contribution in [0.15, 0.2) is 12.3 Å². The van der Waals surface area contributed by atoms with Crippen molar-refractivity contribution < 1.29 is 4.39 Å². The summed E-state index contributed by atoms with van der Waals surface area (Å²) in [6.07, 6.45) is 3.66. The molecule has 20 heavy (non-hydrogen) atoms. The van der Waals surface area contributed by atoms with Crippen molar-refractivity contribution in [2.45, 2.75) is 46.2 Å². The van der Waals surface area contributed by atoms with E-state index in [1.54, 1.807) is 6.07 Å². The molecular formula is C15H19FN4. The second-order valence-electron chi connectivity index (χ2n) is 5.50. The Morgan fingerprint density at radius 2 is 2.10 bits per heavy atom. The average molecular weight is 274 g/mol. The first-order chi connectivity index (χ1) is 9.56. The standard InChI is InChI=1S/C15H19FN4/c1-9-10(2)19-20(11(9)3)15-12(6-13(16)8-18-15)7-17-14-4-5-14/h6,8,14,17H,4-5,7H2,1-3H3. The number of aromatic nitrogens is 3. The van der Waals surface area contributed by atoms with E-state index in [4.69, 9.17) is 0 Å². The molecule has 4 nitrogen and oxygen atoms in total. The molecule has 0 atom stereocenters. The van der Waals surface area contributed by atoms with E-state index in [2.05, 4.69) is 15.4 Å². The lowest BCUT2D eigenvalue weighted by Crippen LogP contribution is -2.18. The van der Waals surface area contributed by atoms with Crippen LogP contribution in [0.3, 0.4) is 0 Å². The third kappa shape index (κ3) is 2.45. The number of hydrogen-bond donors (Lipinski definition) is 1. The molecule has 106 valence electrons. The lowest BCUT2D eigenvalue weighted by molar-refractivity contribution is 0.606. The van der Waals surface area contributed by atoms with E-state index in [1.807, 2.05) is 25.5 Å². The lowest BCUT2D eigenvalue weighted by Gasteiger charge is -2.11. The Bertz CT molecular complexity index is 644. The van der Waals surface area contributed by atoms with Crippen LogP contribution in [0.5, 0.6) is 0 Å². The van der Waals surface area contributed by atoms with Gasteiger partial charge in [-0.05, 0) is 45.2 Å². The molecular weight excluding hydrogens is 255 g/mol. The highest BCUT2D eigenvalue weighted by atomic mass is 19.1. The number of nitrogens with zero attached hydrogens (tertiary/aromatic N) is 3. The first kappa shape index (κ1) is 13.2. The molecule has 1 N–H and O–H groups in total. The van der Waals surface area contributed by atoms with Gasteiger partial charge < -0.3 is 5.32 Å². The van der Waals surface area contributed by atoms with Gasteiger partial charge in [-0.2, -0.15) is 5.10 Å². The summed E-state index contributed by atoms with van der Waals surface area (Å²) in [6, 6.07) is 2.12. The maximum atomic E-state index is 13.5. The van der Waals surface area contributed by atoms with Crippen LogP contribution >= 0.6 is 0 Å². The Morgan fingerprint density at radius 3 is 2.70 bits per heavy atom. The zero-order chi connectivity index (χ0) is 14.3. The maximum absolute atomic E-state index is 13.5. The molecule has 5 heteroatoms. The number of pyridine rings is 1. The van der Waals surface area contributed by atoms with Crippen molar-refractivity contribution >= 4 is 0 Å². The number of rotatable bonds is 4. The predicted octanol–water partition coefficient (Wildman–Crippen LogP) is 2.58. The molecule has 0 radical (unpaired) electrons. The highest BCUT2D eigenvalue weighted by Gasteiger charge is 2.21. The Hall–Kier alpha value is -1.75. The minimum Gasteiger partial charge on any atom is -0.310 e. The normalized spacial score (nSPS) is 14.8. The van der Waals surface area contributed by atoms with E-state index in [-0.39, 0.29) is 5.82 Å². The van der Waals surface area contributed by atoms with Gasteiger partial charge in [0.1, 0.15) is 5.82 Å². The van der Waals surface area contributed by atoms with Crippen LogP contribution in [-0.4, -0.2) is 20.8 Å². The van der Waals surface area contributed by atoms with Crippen molar-refractivity contribution in [3.8, 4) is 5.82 Å². The van der Waals surface area contributed by atoms with Crippen molar-refractivity contribution in [1.29, 1.82) is 0 Å². The molecule has 1 aliphatic carbocycles. The van der Waals surface area contributed by atoms with Crippen LogP contribution < -0.4 is 5.32 Å². The topological polar surface area (TPSA) is 42.7 Å². The minimum absolute atomic E-state index is 0.306. The fraction of sp³-hybridized carbons (Fsp3) is 0.467. The van der Waals surface area contributed by atoms with Crippen LogP contribution in [0.2, 0.25) is 0 Å². The van der Waals surface area contributed by atoms with Crippen LogP contribution in [-0.2, 0) is 6.54 Å². The first-order valence-corrected chi connectivity index (χ1v) is 6.97. The zero-order valence-corrected chi connectivity index (χ0v) is 12.1. The summed E-state index contributed by atoms with van der Waals surface area (Å²) in [5.74, 6) is 0.410. The van der Waals surface area contributed by atoms with Crippen LogP contribution in [0.4, 0.5) is 4.39 Å². The highest BCUT2D eigenvalue weighted by Crippen LogP contribution is 2.22. The molecule has 1 fully saturated rings. The van der Waals surface area contributed by atoms with Gasteiger partial charge in [0, 0.05) is 23.8 Å². The third-order valence-electron chi connectivity index (χ3n) is 3.92. The Labute approximate surface area is 118 Å². The molecule has 2 heterocycles. The summed E-state index contributed by atoms with van der Waals surface area (Å²) >= 11 is 0. The molecule has 0 aromatic carbocycles. The molecule has 0 bridgehead atoms. The minimum atomic E-state index is -0.306. The van der Waals surface area contributed by atoms with Crippen LogP contribution in [0.1, 0.15) is 35.4 Å². The molecule has 0 aliphatic heterocycles. The summed E-state index contributed by atoms with van der Waals surface area (Å²) in [7, 11) is 0. The number of hydrogen-bond acceptors (Lipinski definition) is 3. The largest absolute Gasteiger partial charge is 0.310 e. The predicted molar refractivity (Wildman–Crippen MR) is 75.4 cm³/mol. The van der Waals surface area contributed by atoms with Gasteiger partial charge >= 0.3 is 0 Å².